The Morgan fingerprint density at radius 1 is 1.47 bits per heavy atom. The molecule has 0 unspecified atom stereocenters. The number of nitrogens with one attached hydrogen (secondary N) is 1. The number of hydrogen-bond acceptors (Lipinski definition) is 4. The zero-order valence-corrected chi connectivity index (χ0v) is 10.6. The minimum Gasteiger partial charge on any atom is -0.324 e. The van der Waals surface area contributed by atoms with Gasteiger partial charge in [-0.05, 0) is 31.0 Å². The van der Waals surface area contributed by atoms with E-state index in [0.717, 1.165) is 28.7 Å². The molecule has 1 heterocycles. The van der Waals surface area contributed by atoms with E-state index in [9.17, 15) is 4.79 Å². The quantitative estimate of drug-likeness (QED) is 0.878. The Kier molecular flexibility index (Phi) is 3.07. The predicted molar refractivity (Wildman–Crippen MR) is 71.7 cm³/mol. The van der Waals surface area contributed by atoms with Gasteiger partial charge in [0, 0.05) is 5.69 Å². The maximum Gasteiger partial charge on any atom is 0.244 e. The Labute approximate surface area is 109 Å². The number of carbonyl (C=O) groups excluding carboxylic acids is 1. The Morgan fingerprint density at radius 2 is 2.24 bits per heavy atom. The van der Waals surface area contributed by atoms with Gasteiger partial charge in [0.2, 0.25) is 5.91 Å². The van der Waals surface area contributed by atoms with E-state index in [1.54, 1.807) is 16.8 Å². The number of carbonyl (C=O) groups is 1. The summed E-state index contributed by atoms with van der Waals surface area (Å²) in [6.45, 7) is 0. The molecule has 3 N–H and O–H groups in total. The van der Waals surface area contributed by atoms with Crippen LogP contribution in [0.5, 0.6) is 0 Å². The van der Waals surface area contributed by atoms with Gasteiger partial charge in [0.05, 0.1) is 21.3 Å². The molecule has 0 aliphatic heterocycles. The van der Waals surface area contributed by atoms with Crippen LogP contribution in [0.1, 0.15) is 12.8 Å². The van der Waals surface area contributed by atoms with Crippen molar-refractivity contribution in [2.45, 2.75) is 18.4 Å². The van der Waals surface area contributed by atoms with Gasteiger partial charge in [-0.15, -0.1) is 23.7 Å². The maximum atomic E-state index is 11.7. The average Bonchev–Trinajstić information content (AvgIpc) is 2.87. The van der Waals surface area contributed by atoms with Crippen molar-refractivity contribution in [2.75, 3.05) is 5.32 Å². The predicted octanol–water partition coefficient (Wildman–Crippen LogP) is 2.15. The molecular weight excluding hydrogens is 258 g/mol. The Balaban J connectivity index is 0.00000108. The molecule has 17 heavy (non-hydrogen) atoms. The van der Waals surface area contributed by atoms with Crippen LogP contribution in [0.2, 0.25) is 0 Å². The fourth-order valence-corrected chi connectivity index (χ4v) is 2.27. The number of fused-ring (bicyclic) bond motifs is 1. The van der Waals surface area contributed by atoms with Gasteiger partial charge in [0.25, 0.3) is 0 Å². The first-order chi connectivity index (χ1) is 7.67. The summed E-state index contributed by atoms with van der Waals surface area (Å²) >= 11 is 1.56. The minimum absolute atomic E-state index is 0. The third kappa shape index (κ3) is 2.26. The molecule has 4 nitrogen and oxygen atoms in total. The molecule has 0 spiro atoms. The van der Waals surface area contributed by atoms with Crippen LogP contribution in [-0.4, -0.2) is 16.4 Å². The summed E-state index contributed by atoms with van der Waals surface area (Å²) in [7, 11) is 0. The third-order valence-electron chi connectivity index (χ3n) is 2.83. The molecule has 1 aliphatic rings. The summed E-state index contributed by atoms with van der Waals surface area (Å²) in [5.41, 5.74) is 8.73. The van der Waals surface area contributed by atoms with E-state index in [2.05, 4.69) is 10.3 Å². The molecule has 6 heteroatoms. The molecule has 3 rings (SSSR count). The zero-order valence-electron chi connectivity index (χ0n) is 8.97. The van der Waals surface area contributed by atoms with Crippen molar-refractivity contribution in [2.24, 2.45) is 5.73 Å². The Bertz CT molecular complexity index is 565. The largest absolute Gasteiger partial charge is 0.324 e. The highest BCUT2D eigenvalue weighted by Gasteiger charge is 2.45. The molecular formula is C11H12ClN3OS. The monoisotopic (exact) mass is 269 g/mol. The lowest BCUT2D eigenvalue weighted by Crippen LogP contribution is -2.37. The number of aromatic nitrogens is 1. The fraction of sp³-hybridized carbons (Fsp3) is 0.273. The number of rotatable bonds is 2. The van der Waals surface area contributed by atoms with Crippen LogP contribution >= 0.6 is 23.7 Å². The van der Waals surface area contributed by atoms with E-state index >= 15 is 0 Å². The molecule has 1 fully saturated rings. The van der Waals surface area contributed by atoms with Crippen LogP contribution in [0.3, 0.4) is 0 Å². The second-order valence-electron chi connectivity index (χ2n) is 4.15. The first-order valence-corrected chi connectivity index (χ1v) is 5.99. The summed E-state index contributed by atoms with van der Waals surface area (Å²) in [5, 5.41) is 2.84. The molecule has 90 valence electrons. The minimum atomic E-state index is -0.622. The molecule has 1 amide bonds. The normalized spacial score (nSPS) is 16.3. The van der Waals surface area contributed by atoms with Crippen molar-refractivity contribution in [3.8, 4) is 0 Å². The number of thiazole rings is 1. The lowest BCUT2D eigenvalue weighted by Gasteiger charge is -2.09. The van der Waals surface area contributed by atoms with E-state index in [1.807, 2.05) is 18.2 Å². The molecule has 0 bridgehead atoms. The molecule has 0 saturated heterocycles. The Hall–Kier alpha value is -1.17. The van der Waals surface area contributed by atoms with Gasteiger partial charge in [-0.1, -0.05) is 0 Å². The number of benzene rings is 1. The molecule has 1 aromatic carbocycles. The summed E-state index contributed by atoms with van der Waals surface area (Å²) in [6.07, 6.45) is 1.56. The molecule has 1 saturated carbocycles. The van der Waals surface area contributed by atoms with Gasteiger partial charge in [-0.25, -0.2) is 4.98 Å². The van der Waals surface area contributed by atoms with Gasteiger partial charge in [-0.2, -0.15) is 0 Å². The molecule has 0 atom stereocenters. The lowest BCUT2D eigenvalue weighted by molar-refractivity contribution is -0.118. The number of nitrogens with zero attached hydrogens (tertiary/aromatic N) is 1. The van der Waals surface area contributed by atoms with Crippen LogP contribution in [0.15, 0.2) is 23.7 Å². The fourth-order valence-electron chi connectivity index (χ4n) is 1.55. The number of hydrogen-bond donors (Lipinski definition) is 2. The van der Waals surface area contributed by atoms with Crippen molar-refractivity contribution >= 4 is 45.6 Å². The van der Waals surface area contributed by atoms with Crippen molar-refractivity contribution in [1.29, 1.82) is 0 Å². The van der Waals surface area contributed by atoms with E-state index < -0.39 is 5.54 Å². The van der Waals surface area contributed by atoms with E-state index in [1.165, 1.54) is 0 Å². The van der Waals surface area contributed by atoms with Crippen LogP contribution in [-0.2, 0) is 4.79 Å². The zero-order chi connectivity index (χ0) is 11.2. The summed E-state index contributed by atoms with van der Waals surface area (Å²) in [5.74, 6) is -0.0867. The summed E-state index contributed by atoms with van der Waals surface area (Å²) in [6, 6.07) is 5.68. The number of amides is 1. The number of halogens is 1. The van der Waals surface area contributed by atoms with Crippen LogP contribution < -0.4 is 11.1 Å². The highest BCUT2D eigenvalue weighted by molar-refractivity contribution is 7.16. The molecule has 1 aromatic heterocycles. The molecule has 0 radical (unpaired) electrons. The Morgan fingerprint density at radius 3 is 2.94 bits per heavy atom. The number of anilines is 1. The maximum absolute atomic E-state index is 11.7. The van der Waals surface area contributed by atoms with E-state index in [0.29, 0.717) is 0 Å². The van der Waals surface area contributed by atoms with Crippen molar-refractivity contribution in [1.82, 2.24) is 4.98 Å². The van der Waals surface area contributed by atoms with E-state index in [4.69, 9.17) is 5.73 Å². The van der Waals surface area contributed by atoms with Gasteiger partial charge < -0.3 is 11.1 Å². The standard InChI is InChI=1S/C11H11N3OS.ClH/c12-11(3-4-11)10(15)14-7-1-2-8-9(5-7)16-6-13-8;/h1-2,5-6H,3-4,12H2,(H,14,15);1H. The van der Waals surface area contributed by atoms with Gasteiger partial charge in [0.1, 0.15) is 0 Å². The average molecular weight is 270 g/mol. The van der Waals surface area contributed by atoms with Gasteiger partial charge >= 0.3 is 0 Å². The SMILES string of the molecule is Cl.NC1(C(=O)Nc2ccc3ncsc3c2)CC1. The van der Waals surface area contributed by atoms with E-state index in [-0.39, 0.29) is 18.3 Å². The topological polar surface area (TPSA) is 68.0 Å². The van der Waals surface area contributed by atoms with Crippen LogP contribution in [0.4, 0.5) is 5.69 Å². The smallest absolute Gasteiger partial charge is 0.244 e. The highest BCUT2D eigenvalue weighted by atomic mass is 35.5. The molecule has 2 aromatic rings. The summed E-state index contributed by atoms with van der Waals surface area (Å²) < 4.78 is 1.07. The lowest BCUT2D eigenvalue weighted by atomic mass is 10.2. The first-order valence-electron chi connectivity index (χ1n) is 5.11. The number of nitrogens with two attached hydrogens (primary N) is 1. The van der Waals surface area contributed by atoms with Crippen molar-refractivity contribution in [3.63, 3.8) is 0 Å². The molecule has 1 aliphatic carbocycles. The first kappa shape index (κ1) is 12.3. The van der Waals surface area contributed by atoms with Crippen molar-refractivity contribution < 1.29 is 4.79 Å². The highest BCUT2D eigenvalue weighted by Crippen LogP contribution is 2.33. The van der Waals surface area contributed by atoms with Gasteiger partial charge in [0.15, 0.2) is 0 Å². The second-order valence-corrected chi connectivity index (χ2v) is 5.03. The second kappa shape index (κ2) is 4.25. The van der Waals surface area contributed by atoms with Crippen LogP contribution in [0, 0.1) is 0 Å². The third-order valence-corrected chi connectivity index (χ3v) is 3.62. The van der Waals surface area contributed by atoms with Gasteiger partial charge in [-0.3, -0.25) is 4.79 Å². The van der Waals surface area contributed by atoms with Crippen LogP contribution in [0.25, 0.3) is 10.2 Å². The van der Waals surface area contributed by atoms with Crippen molar-refractivity contribution in [3.05, 3.63) is 23.7 Å². The summed E-state index contributed by atoms with van der Waals surface area (Å²) in [4.78, 5) is 15.9.